The Morgan fingerprint density at radius 1 is 1.39 bits per heavy atom. The zero-order chi connectivity index (χ0) is 13.9. The van der Waals surface area contributed by atoms with Gasteiger partial charge in [0.1, 0.15) is 11.2 Å². The van der Waals surface area contributed by atoms with Crippen LogP contribution >= 0.6 is 0 Å². The number of pyridine rings is 1. The molecule has 0 saturated carbocycles. The van der Waals surface area contributed by atoms with Gasteiger partial charge < -0.3 is 14.8 Å². The Morgan fingerprint density at radius 2 is 2.00 bits per heavy atom. The molecule has 98 valence electrons. The highest BCUT2D eigenvalue weighted by atomic mass is 16.6. The number of ether oxygens (including phenoxy) is 1. The summed E-state index contributed by atoms with van der Waals surface area (Å²) in [6, 6.07) is 1.06. The van der Waals surface area contributed by atoms with Crippen molar-refractivity contribution >= 4 is 17.7 Å². The van der Waals surface area contributed by atoms with Gasteiger partial charge in [-0.2, -0.15) is 0 Å². The number of amides is 1. The number of anilines is 1. The van der Waals surface area contributed by atoms with Crippen LogP contribution in [0.25, 0.3) is 0 Å². The molecule has 1 heterocycles. The summed E-state index contributed by atoms with van der Waals surface area (Å²) >= 11 is 0. The number of carboxylic acid groups (broad SMARTS) is 1. The zero-order valence-corrected chi connectivity index (χ0v) is 10.2. The van der Waals surface area contributed by atoms with Gasteiger partial charge in [-0.15, -0.1) is 0 Å². The van der Waals surface area contributed by atoms with Crippen molar-refractivity contribution in [2.75, 3.05) is 5.32 Å². The molecule has 0 spiro atoms. The third kappa shape index (κ3) is 3.93. The molecule has 1 aromatic rings. The summed E-state index contributed by atoms with van der Waals surface area (Å²) in [7, 11) is 0. The van der Waals surface area contributed by atoms with Crippen LogP contribution in [0.3, 0.4) is 0 Å². The molecule has 0 atom stereocenters. The molecular formula is C11H14N2O5. The topological polar surface area (TPSA) is 108 Å². The Labute approximate surface area is 103 Å². The fourth-order valence-corrected chi connectivity index (χ4v) is 1.14. The first-order valence-electron chi connectivity index (χ1n) is 5.15. The van der Waals surface area contributed by atoms with E-state index in [0.29, 0.717) is 0 Å². The Hall–Kier alpha value is -2.31. The van der Waals surface area contributed by atoms with Crippen molar-refractivity contribution < 1.29 is 19.4 Å². The monoisotopic (exact) mass is 254 g/mol. The highest BCUT2D eigenvalue weighted by Crippen LogP contribution is 2.11. The van der Waals surface area contributed by atoms with Crippen LogP contribution in [-0.4, -0.2) is 27.8 Å². The molecule has 0 radical (unpaired) electrons. The summed E-state index contributed by atoms with van der Waals surface area (Å²) in [5.74, 6) is -1.37. The first-order chi connectivity index (χ1) is 8.19. The molecule has 1 rings (SSSR count). The van der Waals surface area contributed by atoms with Crippen LogP contribution < -0.4 is 10.9 Å². The molecule has 18 heavy (non-hydrogen) atoms. The molecule has 7 heteroatoms. The Kier molecular flexibility index (Phi) is 3.75. The van der Waals surface area contributed by atoms with Crippen molar-refractivity contribution in [3.8, 4) is 0 Å². The number of aromatic carboxylic acids is 1. The molecule has 0 aliphatic rings. The van der Waals surface area contributed by atoms with Gasteiger partial charge in [-0.1, -0.05) is 0 Å². The normalized spacial score (nSPS) is 10.8. The second-order valence-corrected chi connectivity index (χ2v) is 4.56. The van der Waals surface area contributed by atoms with E-state index >= 15 is 0 Å². The molecule has 0 aliphatic heterocycles. The maximum Gasteiger partial charge on any atom is 0.412 e. The fourth-order valence-electron chi connectivity index (χ4n) is 1.14. The minimum atomic E-state index is -1.37. The molecule has 1 aromatic heterocycles. The molecule has 7 nitrogen and oxygen atoms in total. The van der Waals surface area contributed by atoms with Gasteiger partial charge >= 0.3 is 12.1 Å². The summed E-state index contributed by atoms with van der Waals surface area (Å²) in [6.45, 7) is 5.09. The van der Waals surface area contributed by atoms with E-state index in [1.54, 1.807) is 20.8 Å². The average Bonchev–Trinajstić information content (AvgIpc) is 2.17. The van der Waals surface area contributed by atoms with Crippen molar-refractivity contribution in [1.82, 2.24) is 4.98 Å². The Balaban J connectivity index is 2.86. The summed E-state index contributed by atoms with van der Waals surface area (Å²) in [6.07, 6.45) is 0.462. The van der Waals surface area contributed by atoms with Gasteiger partial charge in [0.05, 0.1) is 5.69 Å². The van der Waals surface area contributed by atoms with Crippen molar-refractivity contribution in [2.45, 2.75) is 26.4 Å². The molecule has 0 aliphatic carbocycles. The molecule has 0 saturated heterocycles. The predicted molar refractivity (Wildman–Crippen MR) is 63.9 cm³/mol. The Morgan fingerprint density at radius 3 is 2.50 bits per heavy atom. The lowest BCUT2D eigenvalue weighted by molar-refractivity contribution is 0.0632. The summed E-state index contributed by atoms with van der Waals surface area (Å²) < 4.78 is 4.98. The number of carboxylic acids is 1. The van der Waals surface area contributed by atoms with E-state index in [4.69, 9.17) is 9.84 Å². The van der Waals surface area contributed by atoms with Crippen LogP contribution in [0.5, 0.6) is 0 Å². The van der Waals surface area contributed by atoms with Gasteiger partial charge in [-0.05, 0) is 26.8 Å². The highest BCUT2D eigenvalue weighted by Gasteiger charge is 2.17. The molecule has 0 unspecified atom stereocenters. The van der Waals surface area contributed by atoms with Gasteiger partial charge in [0, 0.05) is 6.20 Å². The van der Waals surface area contributed by atoms with E-state index in [1.807, 2.05) is 0 Å². The van der Waals surface area contributed by atoms with Crippen LogP contribution in [0.15, 0.2) is 17.1 Å². The molecule has 1 amide bonds. The van der Waals surface area contributed by atoms with Crippen LogP contribution in [-0.2, 0) is 4.74 Å². The number of aromatic nitrogens is 1. The average molecular weight is 254 g/mol. The van der Waals surface area contributed by atoms with E-state index in [-0.39, 0.29) is 5.69 Å². The minimum Gasteiger partial charge on any atom is -0.477 e. The summed E-state index contributed by atoms with van der Waals surface area (Å²) in [5.41, 5.74) is -1.72. The standard InChI is InChI=1S/C11H14N2O5/c1-11(2,3)18-10(17)13-6-4-7(9(15)16)8(14)12-5-6/h4-5H,1-3H3,(H,12,14)(H,13,17)(H,15,16). The number of carbonyl (C=O) groups is 2. The number of rotatable bonds is 2. The lowest BCUT2D eigenvalue weighted by Crippen LogP contribution is -2.27. The van der Waals surface area contributed by atoms with Gasteiger partial charge in [-0.25, -0.2) is 9.59 Å². The zero-order valence-electron chi connectivity index (χ0n) is 10.2. The number of H-pyrrole nitrogens is 1. The Bertz CT molecular complexity index is 527. The lowest BCUT2D eigenvalue weighted by Gasteiger charge is -2.19. The molecule has 0 bridgehead atoms. The highest BCUT2D eigenvalue weighted by molar-refractivity contribution is 5.90. The van der Waals surface area contributed by atoms with Crippen molar-refractivity contribution in [3.05, 3.63) is 28.2 Å². The van der Waals surface area contributed by atoms with Gasteiger partial charge in [0.15, 0.2) is 0 Å². The van der Waals surface area contributed by atoms with Crippen LogP contribution in [0, 0.1) is 0 Å². The summed E-state index contributed by atoms with van der Waals surface area (Å²) in [5, 5.41) is 11.1. The van der Waals surface area contributed by atoms with Crippen molar-refractivity contribution in [1.29, 1.82) is 0 Å². The second-order valence-electron chi connectivity index (χ2n) is 4.56. The quantitative estimate of drug-likeness (QED) is 0.739. The van der Waals surface area contributed by atoms with Crippen LogP contribution in [0.2, 0.25) is 0 Å². The largest absolute Gasteiger partial charge is 0.477 e. The number of carbonyl (C=O) groups excluding carboxylic acids is 1. The fraction of sp³-hybridized carbons (Fsp3) is 0.364. The second kappa shape index (κ2) is 4.91. The smallest absolute Gasteiger partial charge is 0.412 e. The van der Waals surface area contributed by atoms with Crippen LogP contribution in [0.4, 0.5) is 10.5 Å². The molecule has 0 aromatic carbocycles. The predicted octanol–water partition coefficient (Wildman–Crippen LogP) is 1.42. The van der Waals surface area contributed by atoms with Crippen molar-refractivity contribution in [2.24, 2.45) is 0 Å². The van der Waals surface area contributed by atoms with Gasteiger partial charge in [0.2, 0.25) is 0 Å². The minimum absolute atomic E-state index is 0.140. The molecule has 3 N–H and O–H groups in total. The van der Waals surface area contributed by atoms with Crippen molar-refractivity contribution in [3.63, 3.8) is 0 Å². The third-order valence-corrected chi connectivity index (χ3v) is 1.78. The SMILES string of the molecule is CC(C)(C)OC(=O)Nc1c[nH]c(=O)c(C(=O)O)c1. The molecular weight excluding hydrogens is 240 g/mol. The van der Waals surface area contributed by atoms with E-state index in [9.17, 15) is 14.4 Å². The first-order valence-corrected chi connectivity index (χ1v) is 5.15. The number of aromatic amines is 1. The maximum absolute atomic E-state index is 11.4. The van der Waals surface area contributed by atoms with Crippen LogP contribution in [0.1, 0.15) is 31.1 Å². The number of nitrogens with one attached hydrogen (secondary N) is 2. The lowest BCUT2D eigenvalue weighted by atomic mass is 10.2. The van der Waals surface area contributed by atoms with E-state index in [2.05, 4.69) is 10.3 Å². The van der Waals surface area contributed by atoms with E-state index in [1.165, 1.54) is 6.20 Å². The van der Waals surface area contributed by atoms with E-state index < -0.39 is 28.8 Å². The summed E-state index contributed by atoms with van der Waals surface area (Å²) in [4.78, 5) is 35.5. The third-order valence-electron chi connectivity index (χ3n) is 1.78. The van der Waals surface area contributed by atoms with Gasteiger partial charge in [0.25, 0.3) is 5.56 Å². The first kappa shape index (κ1) is 13.8. The molecule has 0 fully saturated rings. The van der Waals surface area contributed by atoms with E-state index in [0.717, 1.165) is 6.07 Å². The number of hydrogen-bond donors (Lipinski definition) is 3. The number of hydrogen-bond acceptors (Lipinski definition) is 4. The van der Waals surface area contributed by atoms with Gasteiger partial charge in [-0.3, -0.25) is 10.1 Å². The maximum atomic E-state index is 11.4.